The monoisotopic (exact) mass is 329 g/mol. The van der Waals surface area contributed by atoms with Crippen molar-refractivity contribution in [3.8, 4) is 0 Å². The van der Waals surface area contributed by atoms with Crippen molar-refractivity contribution in [1.82, 2.24) is 0 Å². The Kier molecular flexibility index (Phi) is 4.66. The van der Waals surface area contributed by atoms with E-state index in [9.17, 15) is 9.59 Å². The average Bonchev–Trinajstić information content (AvgIpc) is 2.56. The van der Waals surface area contributed by atoms with Crippen molar-refractivity contribution in [1.29, 1.82) is 0 Å². The minimum absolute atomic E-state index is 0.0193. The van der Waals surface area contributed by atoms with Crippen molar-refractivity contribution in [2.24, 2.45) is 5.11 Å². The summed E-state index contributed by atoms with van der Waals surface area (Å²) in [4.78, 5) is 27.1. The van der Waals surface area contributed by atoms with Crippen LogP contribution >= 0.6 is 0 Å². The van der Waals surface area contributed by atoms with Gasteiger partial charge in [-0.1, -0.05) is 24.3 Å². The van der Waals surface area contributed by atoms with E-state index in [-0.39, 0.29) is 24.4 Å². The zero-order valence-corrected chi connectivity index (χ0v) is 13.5. The highest BCUT2D eigenvalue weighted by atomic mass is 16.6. The summed E-state index contributed by atoms with van der Waals surface area (Å²) < 4.78 is 11.4. The Balaban J connectivity index is 1.93. The number of benzene rings is 1. The van der Waals surface area contributed by atoms with Crippen LogP contribution in [0.3, 0.4) is 0 Å². The Morgan fingerprint density at radius 3 is 2.79 bits per heavy atom. The molecule has 1 aromatic rings. The summed E-state index contributed by atoms with van der Waals surface area (Å²) in [7, 11) is 0. The number of carbonyl (C=O) groups excluding carboxylic acids is 2. The van der Waals surface area contributed by atoms with E-state index in [2.05, 4.69) is 10.0 Å². The van der Waals surface area contributed by atoms with E-state index in [0.29, 0.717) is 31.6 Å². The summed E-state index contributed by atoms with van der Waals surface area (Å²) in [5, 5.41) is 3.13. The number of fused-ring (bicyclic) bond motifs is 1. The maximum atomic E-state index is 12.8. The van der Waals surface area contributed by atoms with E-state index in [1.165, 1.54) is 0 Å². The van der Waals surface area contributed by atoms with Crippen LogP contribution in [0.2, 0.25) is 0 Å². The molecule has 1 amide bonds. The number of ketones is 1. The molecule has 1 saturated carbocycles. The predicted octanol–water partition coefficient (Wildman–Crippen LogP) is 2.47. The van der Waals surface area contributed by atoms with Crippen LogP contribution in [0.1, 0.15) is 30.9 Å². The molecule has 1 saturated heterocycles. The highest BCUT2D eigenvalue weighted by Gasteiger charge is 2.47. The second-order valence-corrected chi connectivity index (χ2v) is 6.40. The first-order chi connectivity index (χ1) is 11.5. The molecule has 0 spiro atoms. The van der Waals surface area contributed by atoms with Crippen molar-refractivity contribution < 1.29 is 19.1 Å². The number of rotatable bonds is 3. The van der Waals surface area contributed by atoms with Gasteiger partial charge in [-0.3, -0.25) is 9.59 Å². The molecule has 1 aliphatic carbocycles. The Hall–Kier alpha value is -2.21. The molecule has 3 rings (SSSR count). The second-order valence-electron chi connectivity index (χ2n) is 6.40. The second kappa shape index (κ2) is 6.73. The fraction of sp³-hybridized carbons (Fsp3) is 0.529. The zero-order chi connectivity index (χ0) is 17.2. The minimum Gasteiger partial charge on any atom is -0.373 e. The molecule has 0 N–H and O–H groups in total. The van der Waals surface area contributed by atoms with Gasteiger partial charge < -0.3 is 9.47 Å². The molecule has 1 aliphatic heterocycles. The lowest BCUT2D eigenvalue weighted by molar-refractivity contribution is -0.172. The lowest BCUT2D eigenvalue weighted by Crippen LogP contribution is -2.52. The van der Waals surface area contributed by atoms with Gasteiger partial charge in [0.1, 0.15) is 5.78 Å². The third kappa shape index (κ3) is 3.06. The van der Waals surface area contributed by atoms with Crippen LogP contribution in [0.15, 0.2) is 29.4 Å². The van der Waals surface area contributed by atoms with Crippen LogP contribution in [-0.2, 0) is 30.9 Å². The van der Waals surface area contributed by atoms with E-state index in [1.54, 1.807) is 6.07 Å². The molecule has 126 valence electrons. The molecule has 7 heteroatoms. The van der Waals surface area contributed by atoms with Crippen LogP contribution in [0.25, 0.3) is 10.4 Å². The average molecular weight is 329 g/mol. The SMILES string of the molecule is CC1(c2ccccc2CC(=O)N=[N+]=[N-])CC2OCCOC2CC1=O. The van der Waals surface area contributed by atoms with Gasteiger partial charge in [0, 0.05) is 17.8 Å². The number of amides is 1. The standard InChI is InChI=1S/C17H19N3O4/c1-17(10-14-13(9-15(17)21)23-6-7-24-14)12-5-3-2-4-11(12)8-16(22)19-20-18/h2-5,13-14H,6-10H2,1H3. The van der Waals surface area contributed by atoms with Gasteiger partial charge in [0.2, 0.25) is 5.91 Å². The Morgan fingerprint density at radius 2 is 2.04 bits per heavy atom. The van der Waals surface area contributed by atoms with Gasteiger partial charge >= 0.3 is 0 Å². The summed E-state index contributed by atoms with van der Waals surface area (Å²) in [6.07, 6.45) is 0.496. The predicted molar refractivity (Wildman–Crippen MR) is 85.4 cm³/mol. The third-order valence-electron chi connectivity index (χ3n) is 4.88. The summed E-state index contributed by atoms with van der Waals surface area (Å²) in [5.74, 6) is -0.482. The number of azide groups is 1. The minimum atomic E-state index is -0.741. The number of carbonyl (C=O) groups is 2. The van der Waals surface area contributed by atoms with Crippen molar-refractivity contribution in [2.45, 2.75) is 43.8 Å². The normalized spacial score (nSPS) is 29.5. The molecular formula is C17H19N3O4. The molecular weight excluding hydrogens is 310 g/mol. The molecule has 7 nitrogen and oxygen atoms in total. The number of hydrogen-bond acceptors (Lipinski definition) is 4. The number of ether oxygens (including phenoxy) is 2. The molecule has 3 unspecified atom stereocenters. The van der Waals surface area contributed by atoms with Crippen LogP contribution in [0.5, 0.6) is 0 Å². The van der Waals surface area contributed by atoms with Gasteiger partial charge in [-0.25, -0.2) is 0 Å². The van der Waals surface area contributed by atoms with Crippen molar-refractivity contribution in [3.63, 3.8) is 0 Å². The summed E-state index contributed by atoms with van der Waals surface area (Å²) in [5.41, 5.74) is 9.17. The van der Waals surface area contributed by atoms with E-state index in [4.69, 9.17) is 15.0 Å². The third-order valence-corrected chi connectivity index (χ3v) is 4.88. The summed E-state index contributed by atoms with van der Waals surface area (Å²) in [6, 6.07) is 7.31. The molecule has 0 radical (unpaired) electrons. The number of Topliss-reactive ketones (excluding diaryl/α,β-unsaturated/α-hetero) is 1. The van der Waals surface area contributed by atoms with Crippen LogP contribution in [0, 0.1) is 0 Å². The maximum Gasteiger partial charge on any atom is 0.223 e. The molecule has 1 aromatic carbocycles. The largest absolute Gasteiger partial charge is 0.373 e. The van der Waals surface area contributed by atoms with Gasteiger partial charge in [-0.15, -0.1) is 0 Å². The highest BCUT2D eigenvalue weighted by Crippen LogP contribution is 2.41. The summed E-state index contributed by atoms with van der Waals surface area (Å²) >= 11 is 0. The van der Waals surface area contributed by atoms with Gasteiger partial charge in [-0.05, 0) is 35.1 Å². The highest BCUT2D eigenvalue weighted by molar-refractivity contribution is 5.92. The van der Waals surface area contributed by atoms with E-state index in [1.807, 2.05) is 25.1 Å². The molecule has 24 heavy (non-hydrogen) atoms. The fourth-order valence-corrected chi connectivity index (χ4v) is 3.64. The van der Waals surface area contributed by atoms with Crippen molar-refractivity contribution in [3.05, 3.63) is 45.8 Å². The quantitative estimate of drug-likeness (QED) is 0.483. The fourth-order valence-electron chi connectivity index (χ4n) is 3.64. The molecule has 3 atom stereocenters. The van der Waals surface area contributed by atoms with E-state index >= 15 is 0 Å². The van der Waals surface area contributed by atoms with Crippen LogP contribution in [0.4, 0.5) is 0 Å². The molecule has 2 aliphatic rings. The lowest BCUT2D eigenvalue weighted by Gasteiger charge is -2.44. The smallest absolute Gasteiger partial charge is 0.223 e. The van der Waals surface area contributed by atoms with Crippen molar-refractivity contribution in [2.75, 3.05) is 13.2 Å². The topological polar surface area (TPSA) is 101 Å². The van der Waals surface area contributed by atoms with Crippen LogP contribution in [-0.4, -0.2) is 37.1 Å². The maximum absolute atomic E-state index is 12.8. The molecule has 0 bridgehead atoms. The van der Waals surface area contributed by atoms with Gasteiger partial charge in [0.15, 0.2) is 0 Å². The Bertz CT molecular complexity index is 714. The number of hydrogen-bond donors (Lipinski definition) is 0. The first-order valence-electron chi connectivity index (χ1n) is 7.97. The Labute approximate surface area is 139 Å². The zero-order valence-electron chi connectivity index (χ0n) is 13.5. The van der Waals surface area contributed by atoms with Crippen LogP contribution < -0.4 is 0 Å². The first kappa shape index (κ1) is 16.6. The molecule has 2 fully saturated rings. The van der Waals surface area contributed by atoms with Gasteiger partial charge in [-0.2, -0.15) is 0 Å². The molecule has 0 aromatic heterocycles. The Morgan fingerprint density at radius 1 is 1.33 bits per heavy atom. The lowest BCUT2D eigenvalue weighted by atomic mass is 9.66. The van der Waals surface area contributed by atoms with Gasteiger partial charge in [0.25, 0.3) is 0 Å². The molecule has 1 heterocycles. The first-order valence-corrected chi connectivity index (χ1v) is 7.97. The van der Waals surface area contributed by atoms with Crippen molar-refractivity contribution >= 4 is 11.7 Å². The van der Waals surface area contributed by atoms with E-state index in [0.717, 1.165) is 5.56 Å². The van der Waals surface area contributed by atoms with Gasteiger partial charge in [0.05, 0.1) is 30.8 Å². The number of nitrogens with zero attached hydrogens (tertiary/aromatic N) is 3. The van der Waals surface area contributed by atoms with E-state index < -0.39 is 11.3 Å². The summed E-state index contributed by atoms with van der Waals surface area (Å²) in [6.45, 7) is 2.94.